The van der Waals surface area contributed by atoms with Crippen molar-refractivity contribution in [2.75, 3.05) is 0 Å². The number of hydrogen-bond acceptors (Lipinski definition) is 1. The average Bonchev–Trinajstić information content (AvgIpc) is 2.11. The first-order chi connectivity index (χ1) is 6.52. The number of rotatable bonds is 2. The zero-order valence-corrected chi connectivity index (χ0v) is 9.29. The minimum absolute atomic E-state index is 0.458. The molecule has 1 rings (SSSR count). The van der Waals surface area contributed by atoms with Gasteiger partial charge in [0.25, 0.3) is 0 Å². The second kappa shape index (κ2) is 4.63. The van der Waals surface area contributed by atoms with E-state index in [0.717, 1.165) is 0 Å². The summed E-state index contributed by atoms with van der Waals surface area (Å²) in [5.74, 6) is 0.941. The molecular formula is C12H20O2. The van der Waals surface area contributed by atoms with Crippen LogP contribution in [0.1, 0.15) is 40.0 Å². The summed E-state index contributed by atoms with van der Waals surface area (Å²) in [5.41, 5.74) is 0.496. The average molecular weight is 196 g/mol. The smallest absolute Gasteiger partial charge is 0.330 e. The third-order valence-corrected chi connectivity index (χ3v) is 3.41. The van der Waals surface area contributed by atoms with E-state index in [1.807, 2.05) is 6.08 Å². The molecule has 2 heteroatoms. The Bertz CT molecular complexity index is 233. The Labute approximate surface area is 86.0 Å². The predicted octanol–water partition coefficient (Wildman–Crippen LogP) is 3.09. The fraction of sp³-hybridized carbons (Fsp3) is 0.750. The van der Waals surface area contributed by atoms with Crippen LogP contribution in [-0.2, 0) is 4.79 Å². The molecule has 0 heterocycles. The van der Waals surface area contributed by atoms with Crippen LogP contribution in [0.4, 0.5) is 0 Å². The monoisotopic (exact) mass is 196 g/mol. The molecule has 0 aromatic carbocycles. The van der Waals surface area contributed by atoms with Crippen LogP contribution in [0, 0.1) is 17.8 Å². The fourth-order valence-electron chi connectivity index (χ4n) is 2.40. The highest BCUT2D eigenvalue weighted by molar-refractivity contribution is 5.85. The van der Waals surface area contributed by atoms with Crippen molar-refractivity contribution >= 4 is 5.97 Å². The molecular weight excluding hydrogens is 176 g/mol. The highest BCUT2D eigenvalue weighted by atomic mass is 16.4. The molecule has 2 unspecified atom stereocenters. The van der Waals surface area contributed by atoms with Crippen LogP contribution in [0.2, 0.25) is 0 Å². The van der Waals surface area contributed by atoms with Crippen LogP contribution in [-0.4, -0.2) is 11.1 Å². The molecule has 0 aromatic rings. The van der Waals surface area contributed by atoms with E-state index in [0.29, 0.717) is 23.3 Å². The molecule has 14 heavy (non-hydrogen) atoms. The zero-order valence-electron chi connectivity index (χ0n) is 9.29. The lowest BCUT2D eigenvalue weighted by Crippen LogP contribution is -2.23. The van der Waals surface area contributed by atoms with Gasteiger partial charge in [-0.3, -0.25) is 0 Å². The highest BCUT2D eigenvalue weighted by Crippen LogP contribution is 2.35. The molecule has 2 atom stereocenters. The summed E-state index contributed by atoms with van der Waals surface area (Å²) in [7, 11) is 0. The predicted molar refractivity (Wildman–Crippen MR) is 57.1 cm³/mol. The van der Waals surface area contributed by atoms with E-state index in [9.17, 15) is 4.79 Å². The van der Waals surface area contributed by atoms with Gasteiger partial charge in [0, 0.05) is 5.57 Å². The quantitative estimate of drug-likeness (QED) is 0.689. The second-order valence-corrected chi connectivity index (χ2v) is 4.62. The lowest BCUT2D eigenvalue weighted by atomic mass is 9.73. The first-order valence-corrected chi connectivity index (χ1v) is 5.44. The molecule has 0 aliphatic heterocycles. The maximum atomic E-state index is 10.7. The SMILES string of the molecule is C/C(=C\C1C(C)CCCC1C)C(=O)O. The van der Waals surface area contributed by atoms with Crippen LogP contribution in [0.25, 0.3) is 0 Å². The Morgan fingerprint density at radius 3 is 2.21 bits per heavy atom. The molecule has 0 amide bonds. The molecule has 1 saturated carbocycles. The number of carboxylic acids is 1. The van der Waals surface area contributed by atoms with Gasteiger partial charge in [0.1, 0.15) is 0 Å². The highest BCUT2D eigenvalue weighted by Gasteiger charge is 2.26. The first-order valence-electron chi connectivity index (χ1n) is 5.44. The number of hydrogen-bond donors (Lipinski definition) is 1. The summed E-state index contributed by atoms with van der Waals surface area (Å²) in [4.78, 5) is 10.7. The molecule has 1 fully saturated rings. The molecule has 0 spiro atoms. The van der Waals surface area contributed by atoms with Crippen molar-refractivity contribution in [2.45, 2.75) is 40.0 Å². The Morgan fingerprint density at radius 2 is 1.79 bits per heavy atom. The van der Waals surface area contributed by atoms with Gasteiger partial charge in [0.2, 0.25) is 0 Å². The normalized spacial score (nSPS) is 34.2. The van der Waals surface area contributed by atoms with Crippen molar-refractivity contribution in [3.05, 3.63) is 11.6 Å². The van der Waals surface area contributed by atoms with E-state index in [2.05, 4.69) is 13.8 Å². The number of aliphatic carboxylic acids is 1. The molecule has 0 saturated heterocycles. The van der Waals surface area contributed by atoms with Crippen LogP contribution in [0.3, 0.4) is 0 Å². The number of carbonyl (C=O) groups is 1. The van der Waals surface area contributed by atoms with E-state index < -0.39 is 5.97 Å². The Kier molecular flexibility index (Phi) is 3.73. The summed E-state index contributed by atoms with van der Waals surface area (Å²) >= 11 is 0. The molecule has 1 aliphatic rings. The minimum atomic E-state index is -0.782. The summed E-state index contributed by atoms with van der Waals surface area (Å²) in [6.07, 6.45) is 5.71. The molecule has 0 aromatic heterocycles. The van der Waals surface area contributed by atoms with Gasteiger partial charge in [0.15, 0.2) is 0 Å². The van der Waals surface area contributed by atoms with Gasteiger partial charge < -0.3 is 5.11 Å². The van der Waals surface area contributed by atoms with E-state index in [4.69, 9.17) is 5.11 Å². The summed E-state index contributed by atoms with van der Waals surface area (Å²) in [6, 6.07) is 0. The zero-order chi connectivity index (χ0) is 10.7. The summed E-state index contributed by atoms with van der Waals surface area (Å²) in [6.45, 7) is 6.15. The van der Waals surface area contributed by atoms with Crippen molar-refractivity contribution in [2.24, 2.45) is 17.8 Å². The Hall–Kier alpha value is -0.790. The second-order valence-electron chi connectivity index (χ2n) is 4.62. The lowest BCUT2D eigenvalue weighted by Gasteiger charge is -2.32. The van der Waals surface area contributed by atoms with Gasteiger partial charge in [-0.05, 0) is 24.7 Å². The van der Waals surface area contributed by atoms with Gasteiger partial charge in [-0.1, -0.05) is 39.2 Å². The maximum absolute atomic E-state index is 10.7. The fourth-order valence-corrected chi connectivity index (χ4v) is 2.40. The van der Waals surface area contributed by atoms with E-state index >= 15 is 0 Å². The first kappa shape index (κ1) is 11.3. The Balaban J connectivity index is 2.73. The van der Waals surface area contributed by atoms with Crippen LogP contribution in [0.15, 0.2) is 11.6 Å². The van der Waals surface area contributed by atoms with Crippen molar-refractivity contribution in [1.29, 1.82) is 0 Å². The van der Waals surface area contributed by atoms with Crippen molar-refractivity contribution in [3.63, 3.8) is 0 Å². The summed E-state index contributed by atoms with van der Waals surface area (Å²) in [5, 5.41) is 8.82. The van der Waals surface area contributed by atoms with Gasteiger partial charge >= 0.3 is 5.97 Å². The lowest BCUT2D eigenvalue weighted by molar-refractivity contribution is -0.132. The van der Waals surface area contributed by atoms with E-state index in [1.165, 1.54) is 19.3 Å². The number of carboxylic acid groups (broad SMARTS) is 1. The van der Waals surface area contributed by atoms with Gasteiger partial charge in [-0.2, -0.15) is 0 Å². The largest absolute Gasteiger partial charge is 0.478 e. The minimum Gasteiger partial charge on any atom is -0.478 e. The third kappa shape index (κ3) is 2.60. The van der Waals surface area contributed by atoms with Crippen LogP contribution >= 0.6 is 0 Å². The van der Waals surface area contributed by atoms with Gasteiger partial charge in [0.05, 0.1) is 0 Å². The maximum Gasteiger partial charge on any atom is 0.330 e. The van der Waals surface area contributed by atoms with Crippen molar-refractivity contribution < 1.29 is 9.90 Å². The molecule has 80 valence electrons. The van der Waals surface area contributed by atoms with Gasteiger partial charge in [-0.25, -0.2) is 4.79 Å². The third-order valence-electron chi connectivity index (χ3n) is 3.41. The van der Waals surface area contributed by atoms with Crippen LogP contribution < -0.4 is 0 Å². The van der Waals surface area contributed by atoms with Gasteiger partial charge in [-0.15, -0.1) is 0 Å². The molecule has 2 nitrogen and oxygen atoms in total. The number of allylic oxidation sites excluding steroid dienone is 1. The van der Waals surface area contributed by atoms with E-state index in [-0.39, 0.29) is 0 Å². The van der Waals surface area contributed by atoms with Crippen molar-refractivity contribution in [1.82, 2.24) is 0 Å². The summed E-state index contributed by atoms with van der Waals surface area (Å²) < 4.78 is 0. The van der Waals surface area contributed by atoms with E-state index in [1.54, 1.807) is 6.92 Å². The Morgan fingerprint density at radius 1 is 1.29 bits per heavy atom. The molecule has 0 radical (unpaired) electrons. The molecule has 0 bridgehead atoms. The standard InChI is InChI=1S/C12H20O2/c1-8-5-4-6-9(2)11(8)7-10(3)12(13)14/h7-9,11H,4-6H2,1-3H3,(H,13,14)/b10-7+. The molecule has 1 N–H and O–H groups in total. The van der Waals surface area contributed by atoms with Crippen molar-refractivity contribution in [3.8, 4) is 0 Å². The van der Waals surface area contributed by atoms with Crippen LogP contribution in [0.5, 0.6) is 0 Å². The molecule has 1 aliphatic carbocycles. The topological polar surface area (TPSA) is 37.3 Å².